The largest absolute Gasteiger partial charge is 0.373 e. The predicted molar refractivity (Wildman–Crippen MR) is 70.8 cm³/mol. The quantitative estimate of drug-likeness (QED) is 0.812. The highest BCUT2D eigenvalue weighted by atomic mass is 16.2. The highest BCUT2D eigenvalue weighted by Crippen LogP contribution is 2.24. The van der Waals surface area contributed by atoms with Gasteiger partial charge in [-0.25, -0.2) is 9.97 Å². The molecule has 0 atom stereocenters. The van der Waals surface area contributed by atoms with E-state index >= 15 is 0 Å². The molecule has 0 unspecified atom stereocenters. The zero-order chi connectivity index (χ0) is 13.0. The van der Waals surface area contributed by atoms with Crippen molar-refractivity contribution >= 4 is 17.5 Å². The lowest BCUT2D eigenvalue weighted by Gasteiger charge is -2.23. The first-order chi connectivity index (χ1) is 8.76. The van der Waals surface area contributed by atoms with Crippen molar-refractivity contribution in [3.63, 3.8) is 0 Å². The van der Waals surface area contributed by atoms with Crippen LogP contribution in [0.1, 0.15) is 18.9 Å². The molecule has 1 fully saturated rings. The molecule has 2 rings (SSSR count). The van der Waals surface area contributed by atoms with Gasteiger partial charge >= 0.3 is 0 Å². The zero-order valence-corrected chi connectivity index (χ0v) is 10.9. The molecule has 0 spiro atoms. The van der Waals surface area contributed by atoms with Crippen molar-refractivity contribution < 1.29 is 4.79 Å². The SMILES string of the molecule is CCc1c(NC)ncnc1N1CCCNC(=O)C1. The smallest absolute Gasteiger partial charge is 0.239 e. The topological polar surface area (TPSA) is 70.2 Å². The number of amides is 1. The minimum Gasteiger partial charge on any atom is -0.373 e. The second kappa shape index (κ2) is 5.66. The summed E-state index contributed by atoms with van der Waals surface area (Å²) in [6.45, 7) is 4.01. The van der Waals surface area contributed by atoms with Crippen LogP contribution in [0.2, 0.25) is 0 Å². The Kier molecular flexibility index (Phi) is 3.96. The van der Waals surface area contributed by atoms with Gasteiger partial charge in [0, 0.05) is 25.7 Å². The highest BCUT2D eigenvalue weighted by Gasteiger charge is 2.20. The minimum atomic E-state index is 0.0548. The Balaban J connectivity index is 2.33. The van der Waals surface area contributed by atoms with E-state index in [1.54, 1.807) is 6.33 Å². The Morgan fingerprint density at radius 1 is 1.50 bits per heavy atom. The third kappa shape index (κ3) is 2.52. The van der Waals surface area contributed by atoms with Crippen LogP contribution >= 0.6 is 0 Å². The van der Waals surface area contributed by atoms with E-state index in [0.717, 1.165) is 43.1 Å². The van der Waals surface area contributed by atoms with Gasteiger partial charge in [0.1, 0.15) is 18.0 Å². The van der Waals surface area contributed by atoms with Crippen LogP contribution < -0.4 is 15.5 Å². The molecule has 2 N–H and O–H groups in total. The van der Waals surface area contributed by atoms with Crippen LogP contribution in [-0.4, -0.2) is 42.6 Å². The standard InChI is InChI=1S/C12H19N5O/c1-3-9-11(13-2)15-8-16-12(9)17-6-4-5-14-10(18)7-17/h8H,3-7H2,1-2H3,(H,14,18)(H,13,15,16). The molecule has 0 saturated carbocycles. The minimum absolute atomic E-state index is 0.0548. The van der Waals surface area contributed by atoms with Crippen molar-refractivity contribution in [2.75, 3.05) is 36.9 Å². The Bertz CT molecular complexity index is 434. The van der Waals surface area contributed by atoms with E-state index in [1.807, 2.05) is 11.9 Å². The molecule has 6 heteroatoms. The summed E-state index contributed by atoms with van der Waals surface area (Å²) in [4.78, 5) is 22.2. The maximum atomic E-state index is 11.6. The molecular formula is C12H19N5O. The number of nitrogens with one attached hydrogen (secondary N) is 2. The lowest BCUT2D eigenvalue weighted by molar-refractivity contribution is -0.119. The second-order valence-electron chi connectivity index (χ2n) is 4.25. The Hall–Kier alpha value is -1.85. The number of hydrogen-bond donors (Lipinski definition) is 2. The van der Waals surface area contributed by atoms with E-state index in [-0.39, 0.29) is 5.91 Å². The molecule has 18 heavy (non-hydrogen) atoms. The maximum Gasteiger partial charge on any atom is 0.239 e. The first kappa shape index (κ1) is 12.6. The third-order valence-corrected chi connectivity index (χ3v) is 3.07. The molecule has 1 saturated heterocycles. The molecule has 6 nitrogen and oxygen atoms in total. The van der Waals surface area contributed by atoms with Crippen molar-refractivity contribution in [1.29, 1.82) is 0 Å². The van der Waals surface area contributed by atoms with Gasteiger partial charge in [-0.1, -0.05) is 6.92 Å². The molecule has 0 bridgehead atoms. The number of rotatable bonds is 3. The van der Waals surface area contributed by atoms with Crippen molar-refractivity contribution in [1.82, 2.24) is 15.3 Å². The number of anilines is 2. The van der Waals surface area contributed by atoms with Crippen molar-refractivity contribution in [2.45, 2.75) is 19.8 Å². The number of hydrogen-bond acceptors (Lipinski definition) is 5. The average Bonchev–Trinajstić information content (AvgIpc) is 2.62. The summed E-state index contributed by atoms with van der Waals surface area (Å²) in [5.74, 6) is 1.76. The lowest BCUT2D eigenvalue weighted by Crippen LogP contribution is -2.34. The van der Waals surface area contributed by atoms with Gasteiger partial charge in [0.2, 0.25) is 5.91 Å². The second-order valence-corrected chi connectivity index (χ2v) is 4.25. The Morgan fingerprint density at radius 3 is 3.06 bits per heavy atom. The average molecular weight is 249 g/mol. The van der Waals surface area contributed by atoms with E-state index in [1.165, 1.54) is 0 Å². The van der Waals surface area contributed by atoms with E-state index < -0.39 is 0 Å². The molecule has 1 aliphatic rings. The fourth-order valence-corrected chi connectivity index (χ4v) is 2.20. The van der Waals surface area contributed by atoms with Gasteiger partial charge < -0.3 is 15.5 Å². The van der Waals surface area contributed by atoms with Crippen LogP contribution in [-0.2, 0) is 11.2 Å². The first-order valence-corrected chi connectivity index (χ1v) is 6.29. The van der Waals surface area contributed by atoms with Gasteiger partial charge in [-0.05, 0) is 12.8 Å². The fourth-order valence-electron chi connectivity index (χ4n) is 2.20. The van der Waals surface area contributed by atoms with Gasteiger partial charge in [-0.15, -0.1) is 0 Å². The molecule has 1 amide bonds. The normalized spacial score (nSPS) is 16.1. The summed E-state index contributed by atoms with van der Waals surface area (Å²) >= 11 is 0. The molecule has 1 aromatic heterocycles. The maximum absolute atomic E-state index is 11.6. The summed E-state index contributed by atoms with van der Waals surface area (Å²) in [6, 6.07) is 0. The Morgan fingerprint density at radius 2 is 2.33 bits per heavy atom. The number of aromatic nitrogens is 2. The van der Waals surface area contributed by atoms with Gasteiger partial charge in [-0.3, -0.25) is 4.79 Å². The highest BCUT2D eigenvalue weighted by molar-refractivity contribution is 5.82. The number of nitrogens with zero attached hydrogens (tertiary/aromatic N) is 3. The third-order valence-electron chi connectivity index (χ3n) is 3.07. The van der Waals surface area contributed by atoms with Gasteiger partial charge in [0.05, 0.1) is 6.54 Å². The van der Waals surface area contributed by atoms with Crippen LogP contribution in [0.25, 0.3) is 0 Å². The first-order valence-electron chi connectivity index (χ1n) is 6.29. The van der Waals surface area contributed by atoms with Crippen LogP contribution in [0.3, 0.4) is 0 Å². The Labute approximate surface area is 107 Å². The van der Waals surface area contributed by atoms with Gasteiger partial charge in [0.25, 0.3) is 0 Å². The molecule has 98 valence electrons. The monoisotopic (exact) mass is 249 g/mol. The lowest BCUT2D eigenvalue weighted by atomic mass is 10.2. The van der Waals surface area contributed by atoms with E-state index in [2.05, 4.69) is 27.5 Å². The molecule has 0 aliphatic carbocycles. The summed E-state index contributed by atoms with van der Waals surface area (Å²) < 4.78 is 0. The fraction of sp³-hybridized carbons (Fsp3) is 0.583. The predicted octanol–water partition coefficient (Wildman–Crippen LogP) is 0.407. The van der Waals surface area contributed by atoms with E-state index in [9.17, 15) is 4.79 Å². The van der Waals surface area contributed by atoms with Crippen molar-refractivity contribution in [2.24, 2.45) is 0 Å². The van der Waals surface area contributed by atoms with Crippen LogP contribution in [0.5, 0.6) is 0 Å². The van der Waals surface area contributed by atoms with Crippen LogP contribution in [0, 0.1) is 0 Å². The molecular weight excluding hydrogens is 230 g/mol. The molecule has 1 aliphatic heterocycles. The van der Waals surface area contributed by atoms with Gasteiger partial charge in [-0.2, -0.15) is 0 Å². The molecule has 1 aromatic rings. The van der Waals surface area contributed by atoms with Crippen LogP contribution in [0.15, 0.2) is 6.33 Å². The summed E-state index contributed by atoms with van der Waals surface area (Å²) in [5.41, 5.74) is 1.06. The van der Waals surface area contributed by atoms with Gasteiger partial charge in [0.15, 0.2) is 0 Å². The van der Waals surface area contributed by atoms with Crippen LogP contribution in [0.4, 0.5) is 11.6 Å². The number of carbonyl (C=O) groups is 1. The summed E-state index contributed by atoms with van der Waals surface area (Å²) in [5, 5.41) is 5.95. The summed E-state index contributed by atoms with van der Waals surface area (Å²) in [6.07, 6.45) is 3.32. The van der Waals surface area contributed by atoms with E-state index in [0.29, 0.717) is 6.54 Å². The molecule has 0 aromatic carbocycles. The molecule has 2 heterocycles. The molecule has 0 radical (unpaired) electrons. The van der Waals surface area contributed by atoms with Crippen molar-refractivity contribution in [3.8, 4) is 0 Å². The zero-order valence-electron chi connectivity index (χ0n) is 10.9. The van der Waals surface area contributed by atoms with Crippen molar-refractivity contribution in [3.05, 3.63) is 11.9 Å². The number of carbonyl (C=O) groups excluding carboxylic acids is 1. The van der Waals surface area contributed by atoms with E-state index in [4.69, 9.17) is 0 Å². The summed E-state index contributed by atoms with van der Waals surface area (Å²) in [7, 11) is 1.85.